The molecule has 0 saturated heterocycles. The second-order valence-electron chi connectivity index (χ2n) is 4.32. The molecular weight excluding hydrogens is 274 g/mol. The molecule has 0 aliphatic carbocycles. The van der Waals surface area contributed by atoms with Gasteiger partial charge in [-0.05, 0) is 38.5 Å². The van der Waals surface area contributed by atoms with Crippen molar-refractivity contribution in [2.24, 2.45) is 0 Å². The average Bonchev–Trinajstić information content (AvgIpc) is 2.48. The molecule has 0 amide bonds. The number of carbonyl (C=O) groups is 3. The minimum Gasteiger partial charge on any atom is -0.545 e. The zero-order valence-electron chi connectivity index (χ0n) is 12.5. The van der Waals surface area contributed by atoms with Crippen LogP contribution in [-0.2, 0) is 0 Å². The Morgan fingerprint density at radius 3 is 2.00 bits per heavy atom. The Balaban J connectivity index is 0.000000486. The van der Waals surface area contributed by atoms with E-state index in [1.165, 1.54) is 19.6 Å². The number of aldehydes is 1. The summed E-state index contributed by atoms with van der Waals surface area (Å²) in [7, 11) is 0. The average molecular weight is 295 g/mol. The van der Waals surface area contributed by atoms with E-state index in [1.54, 1.807) is 4.90 Å². The van der Waals surface area contributed by atoms with Gasteiger partial charge in [0.15, 0.2) is 6.29 Å². The van der Waals surface area contributed by atoms with Crippen LogP contribution in [-0.4, -0.2) is 43.0 Å². The molecule has 6 heteroatoms. The highest BCUT2D eigenvalue weighted by Crippen LogP contribution is 2.09. The smallest absolute Gasteiger partial charge is 0.336 e. The highest BCUT2D eigenvalue weighted by Gasteiger charge is 2.09. The van der Waals surface area contributed by atoms with E-state index in [0.717, 1.165) is 18.2 Å². The Bertz CT molecular complexity index is 489. The molecule has 0 saturated carbocycles. The van der Waals surface area contributed by atoms with Crippen LogP contribution < -0.4 is 10.0 Å². The summed E-state index contributed by atoms with van der Waals surface area (Å²) < 4.78 is 0. The monoisotopic (exact) mass is 295 g/mol. The fraction of sp³-hybridized carbons (Fsp3) is 0.400. The van der Waals surface area contributed by atoms with Gasteiger partial charge in [0.05, 0.1) is 31.2 Å². The van der Waals surface area contributed by atoms with Crippen molar-refractivity contribution in [3.63, 3.8) is 0 Å². The Morgan fingerprint density at radius 2 is 1.71 bits per heavy atom. The maximum atomic E-state index is 10.5. The maximum absolute atomic E-state index is 10.5. The van der Waals surface area contributed by atoms with Crippen LogP contribution >= 0.6 is 0 Å². The van der Waals surface area contributed by atoms with Crippen LogP contribution in [0, 0.1) is 0 Å². The van der Waals surface area contributed by atoms with Crippen LogP contribution in [0.4, 0.5) is 0 Å². The number of aromatic carboxylic acids is 2. The number of nitrogens with one attached hydrogen (secondary N) is 1. The summed E-state index contributed by atoms with van der Waals surface area (Å²) in [5.41, 5.74) is -0.638. The first-order valence-corrected chi connectivity index (χ1v) is 6.78. The van der Waals surface area contributed by atoms with Crippen molar-refractivity contribution in [1.82, 2.24) is 0 Å². The van der Waals surface area contributed by atoms with Gasteiger partial charge in [0.1, 0.15) is 0 Å². The molecule has 6 nitrogen and oxygen atoms in total. The van der Waals surface area contributed by atoms with Crippen LogP contribution in [0.2, 0.25) is 0 Å². The van der Waals surface area contributed by atoms with Crippen molar-refractivity contribution in [3.8, 4) is 0 Å². The topological polar surface area (TPSA) is 98.9 Å². The van der Waals surface area contributed by atoms with Crippen molar-refractivity contribution in [2.75, 3.05) is 19.6 Å². The van der Waals surface area contributed by atoms with Gasteiger partial charge < -0.3 is 19.9 Å². The Hall–Kier alpha value is -2.21. The molecule has 2 N–H and O–H groups in total. The fourth-order valence-electron chi connectivity index (χ4n) is 1.73. The lowest BCUT2D eigenvalue weighted by Crippen LogP contribution is -3.11. The van der Waals surface area contributed by atoms with Gasteiger partial charge in [-0.25, -0.2) is 4.79 Å². The summed E-state index contributed by atoms with van der Waals surface area (Å²) in [5.74, 6) is -2.73. The van der Waals surface area contributed by atoms with Gasteiger partial charge in [-0.2, -0.15) is 0 Å². The van der Waals surface area contributed by atoms with Crippen molar-refractivity contribution < 1.29 is 29.5 Å². The third-order valence-corrected chi connectivity index (χ3v) is 3.14. The van der Waals surface area contributed by atoms with Gasteiger partial charge in [0.2, 0.25) is 0 Å². The summed E-state index contributed by atoms with van der Waals surface area (Å²) >= 11 is 0. The fourth-order valence-corrected chi connectivity index (χ4v) is 1.73. The molecule has 0 bridgehead atoms. The highest BCUT2D eigenvalue weighted by molar-refractivity contribution is 5.99. The van der Waals surface area contributed by atoms with E-state index in [9.17, 15) is 19.5 Å². The van der Waals surface area contributed by atoms with Gasteiger partial charge in [-0.1, -0.05) is 6.07 Å². The van der Waals surface area contributed by atoms with Crippen molar-refractivity contribution in [2.45, 2.75) is 20.8 Å². The first-order chi connectivity index (χ1) is 9.90. The maximum Gasteiger partial charge on any atom is 0.336 e. The molecule has 0 aromatic heterocycles. The molecule has 0 radical (unpaired) electrons. The lowest BCUT2D eigenvalue weighted by molar-refractivity contribution is -0.894. The standard InChI is InChI=1S/C9H6O5.C6H15N/c10-4-6-3-5(8(11)12)1-2-7(6)9(13)14;1-4-7(5-2)6-3/h1-4H,(H,11,12)(H,13,14);4-6H2,1-3H3. The summed E-state index contributed by atoms with van der Waals surface area (Å²) in [5, 5.41) is 19.0. The van der Waals surface area contributed by atoms with Crippen LogP contribution in [0.15, 0.2) is 18.2 Å². The quantitative estimate of drug-likeness (QED) is 0.689. The molecule has 0 unspecified atom stereocenters. The SMILES string of the molecule is CC[NH+](CC)CC.O=Cc1cc(C(=O)[O-])ccc1C(=O)O. The number of hydrogen-bond donors (Lipinski definition) is 2. The van der Waals surface area contributed by atoms with Crippen molar-refractivity contribution in [1.29, 1.82) is 0 Å². The largest absolute Gasteiger partial charge is 0.545 e. The second kappa shape index (κ2) is 9.66. The highest BCUT2D eigenvalue weighted by atomic mass is 16.4. The third-order valence-electron chi connectivity index (χ3n) is 3.14. The number of quaternary nitrogens is 1. The second-order valence-corrected chi connectivity index (χ2v) is 4.32. The van der Waals surface area contributed by atoms with Gasteiger partial charge in [-0.15, -0.1) is 0 Å². The van der Waals surface area contributed by atoms with E-state index in [-0.39, 0.29) is 23.0 Å². The zero-order valence-corrected chi connectivity index (χ0v) is 12.5. The first kappa shape index (κ1) is 18.8. The lowest BCUT2D eigenvalue weighted by atomic mass is 10.1. The predicted octanol–water partition coefficient (Wildman–Crippen LogP) is -0.508. The first-order valence-electron chi connectivity index (χ1n) is 6.78. The van der Waals surface area contributed by atoms with E-state index in [0.29, 0.717) is 0 Å². The number of carboxylic acid groups (broad SMARTS) is 2. The van der Waals surface area contributed by atoms with Crippen molar-refractivity contribution in [3.05, 3.63) is 34.9 Å². The molecule has 1 rings (SSSR count). The predicted molar refractivity (Wildman–Crippen MR) is 75.7 cm³/mol. The van der Waals surface area contributed by atoms with Crippen LogP contribution in [0.1, 0.15) is 51.8 Å². The minimum atomic E-state index is -1.45. The molecule has 0 aliphatic heterocycles. The minimum absolute atomic E-state index is 0.181. The summed E-state index contributed by atoms with van der Waals surface area (Å²) in [6, 6.07) is 3.09. The normalized spacial score (nSPS) is 9.71. The summed E-state index contributed by atoms with van der Waals surface area (Å²) in [6.45, 7) is 10.5. The van der Waals surface area contributed by atoms with Gasteiger partial charge in [-0.3, -0.25) is 4.79 Å². The van der Waals surface area contributed by atoms with E-state index in [1.807, 2.05) is 0 Å². The molecule has 0 spiro atoms. The molecule has 116 valence electrons. The number of carbonyl (C=O) groups excluding carboxylic acids is 2. The molecule has 1 aromatic rings. The van der Waals surface area contributed by atoms with E-state index < -0.39 is 11.9 Å². The zero-order chi connectivity index (χ0) is 16.4. The number of carboxylic acids is 2. The van der Waals surface area contributed by atoms with E-state index >= 15 is 0 Å². The van der Waals surface area contributed by atoms with Crippen molar-refractivity contribution >= 4 is 18.2 Å². The third kappa shape index (κ3) is 6.18. The Morgan fingerprint density at radius 1 is 1.19 bits per heavy atom. The van der Waals surface area contributed by atoms with E-state index in [4.69, 9.17) is 5.11 Å². The van der Waals surface area contributed by atoms with Gasteiger partial charge in [0, 0.05) is 5.56 Å². The number of hydrogen-bond acceptors (Lipinski definition) is 4. The number of rotatable bonds is 6. The molecular formula is C15H21NO5. The Kier molecular flexibility index (Phi) is 8.64. The molecule has 0 aliphatic rings. The van der Waals surface area contributed by atoms with Crippen LogP contribution in [0.5, 0.6) is 0 Å². The molecule has 0 heterocycles. The molecule has 21 heavy (non-hydrogen) atoms. The molecule has 0 atom stereocenters. The summed E-state index contributed by atoms with van der Waals surface area (Å²) in [4.78, 5) is 33.0. The summed E-state index contributed by atoms with van der Waals surface area (Å²) in [6.07, 6.45) is 0.288. The molecule has 1 aromatic carbocycles. The van der Waals surface area contributed by atoms with E-state index in [2.05, 4.69) is 20.8 Å². The van der Waals surface area contributed by atoms with Gasteiger partial charge in [0.25, 0.3) is 0 Å². The Labute approximate surface area is 124 Å². The van der Waals surface area contributed by atoms with Gasteiger partial charge >= 0.3 is 5.97 Å². The van der Waals surface area contributed by atoms with Crippen LogP contribution in [0.3, 0.4) is 0 Å². The van der Waals surface area contributed by atoms with Crippen LogP contribution in [0.25, 0.3) is 0 Å². The molecule has 0 fully saturated rings. The number of benzene rings is 1. The lowest BCUT2D eigenvalue weighted by Gasteiger charge is -2.10.